The Bertz CT molecular complexity index is 1600. The summed E-state index contributed by atoms with van der Waals surface area (Å²) in [6.45, 7) is 3.90. The van der Waals surface area contributed by atoms with E-state index in [4.69, 9.17) is 0 Å². The molecule has 174 valence electrons. The second-order valence-corrected chi connectivity index (χ2v) is 13.3. The molecule has 0 saturated heterocycles. The van der Waals surface area contributed by atoms with Crippen LogP contribution in [0.25, 0.3) is 10.9 Å². The highest BCUT2D eigenvalue weighted by Gasteiger charge is 2.22. The van der Waals surface area contributed by atoms with E-state index < -0.39 is 20.0 Å². The summed E-state index contributed by atoms with van der Waals surface area (Å²) in [5.74, 6) is 0.0952. The summed E-state index contributed by atoms with van der Waals surface area (Å²) in [6, 6.07) is 12.3. The van der Waals surface area contributed by atoms with Crippen molar-refractivity contribution in [1.29, 1.82) is 0 Å². The van der Waals surface area contributed by atoms with Crippen molar-refractivity contribution in [3.05, 3.63) is 69.0 Å². The Morgan fingerprint density at radius 1 is 0.909 bits per heavy atom. The first-order valence-electron chi connectivity index (χ1n) is 9.81. The molecule has 0 aliphatic heterocycles. The average molecular weight is 524 g/mol. The molecule has 0 amide bonds. The van der Waals surface area contributed by atoms with Gasteiger partial charge in [0.1, 0.15) is 4.21 Å². The van der Waals surface area contributed by atoms with Crippen molar-refractivity contribution in [1.82, 2.24) is 3.96 Å². The highest BCUT2D eigenvalue weighted by Crippen LogP contribution is 2.32. The molecule has 4 rings (SSSR count). The molecule has 0 bridgehead atoms. The van der Waals surface area contributed by atoms with Crippen LogP contribution in [-0.4, -0.2) is 20.8 Å². The van der Waals surface area contributed by atoms with Gasteiger partial charge in [0.2, 0.25) is 0 Å². The second-order valence-electron chi connectivity index (χ2n) is 7.66. The molecule has 0 aliphatic carbocycles. The molecule has 0 radical (unpaired) electrons. The standard InChI is InChI=1S/C21H21N3O5S4/c1-13(2)14-6-8-17(18(11-14)23-33(28,29)20-5-4-10-30-20)22-32(26,27)15-7-9-19-16(12-15)21(25)31-24(19)3/h4-13,22-23H,1-3H3. The molecule has 2 aromatic carbocycles. The van der Waals surface area contributed by atoms with Crippen LogP contribution in [0.3, 0.4) is 0 Å². The summed E-state index contributed by atoms with van der Waals surface area (Å²) < 4.78 is 58.4. The normalized spacial score (nSPS) is 12.4. The molecule has 0 saturated carbocycles. The zero-order valence-electron chi connectivity index (χ0n) is 17.9. The Labute approximate surface area is 199 Å². The van der Waals surface area contributed by atoms with Gasteiger partial charge in [-0.2, -0.15) is 0 Å². The molecule has 0 unspecified atom stereocenters. The maximum Gasteiger partial charge on any atom is 0.271 e. The van der Waals surface area contributed by atoms with Gasteiger partial charge in [-0.1, -0.05) is 26.0 Å². The van der Waals surface area contributed by atoms with Crippen LogP contribution in [0.15, 0.2) is 67.8 Å². The number of nitrogens with zero attached hydrogens (tertiary/aromatic N) is 1. The van der Waals surface area contributed by atoms with E-state index in [0.29, 0.717) is 10.9 Å². The predicted molar refractivity (Wildman–Crippen MR) is 134 cm³/mol. The number of thiophene rings is 1. The SMILES string of the molecule is CC(C)c1ccc(NS(=O)(=O)c2ccc3c(c2)c(=O)sn3C)c(NS(=O)(=O)c2cccs2)c1. The Morgan fingerprint density at radius 2 is 1.64 bits per heavy atom. The fraction of sp³-hybridized carbons (Fsp3) is 0.190. The Balaban J connectivity index is 1.75. The number of aromatic nitrogens is 1. The van der Waals surface area contributed by atoms with Gasteiger partial charge < -0.3 is 0 Å². The summed E-state index contributed by atoms with van der Waals surface area (Å²) in [7, 11) is -6.27. The molecule has 4 aromatic rings. The first-order valence-corrected chi connectivity index (χ1v) is 14.4. The lowest BCUT2D eigenvalue weighted by molar-refractivity contribution is 0.599. The number of hydrogen-bond donors (Lipinski definition) is 2. The van der Waals surface area contributed by atoms with Crippen molar-refractivity contribution >= 4 is 65.2 Å². The number of hydrogen-bond acceptors (Lipinski definition) is 7. The molecular formula is C21H21N3O5S4. The zero-order chi connectivity index (χ0) is 24.0. The van der Waals surface area contributed by atoms with Crippen molar-refractivity contribution < 1.29 is 16.8 Å². The fourth-order valence-electron chi connectivity index (χ4n) is 3.25. The number of aryl methyl sites for hydroxylation is 1. The van der Waals surface area contributed by atoms with Crippen molar-refractivity contribution in [2.75, 3.05) is 9.44 Å². The number of nitrogens with one attached hydrogen (secondary N) is 2. The number of sulfonamides is 2. The van der Waals surface area contributed by atoms with E-state index in [0.717, 1.165) is 28.4 Å². The van der Waals surface area contributed by atoms with Crippen molar-refractivity contribution in [2.24, 2.45) is 7.05 Å². The first kappa shape index (κ1) is 23.5. The smallest absolute Gasteiger partial charge is 0.271 e. The maximum atomic E-state index is 13.1. The Morgan fingerprint density at radius 3 is 2.30 bits per heavy atom. The quantitative estimate of drug-likeness (QED) is 0.373. The van der Waals surface area contributed by atoms with Crippen LogP contribution in [0.1, 0.15) is 25.3 Å². The van der Waals surface area contributed by atoms with E-state index in [2.05, 4.69) is 9.44 Å². The summed E-state index contributed by atoms with van der Waals surface area (Å²) in [5.41, 5.74) is 1.67. The number of benzene rings is 2. The molecule has 0 atom stereocenters. The highest BCUT2D eigenvalue weighted by atomic mass is 32.2. The lowest BCUT2D eigenvalue weighted by Gasteiger charge is -2.17. The van der Waals surface area contributed by atoms with E-state index in [9.17, 15) is 21.6 Å². The lowest BCUT2D eigenvalue weighted by atomic mass is 10.0. The summed E-state index contributed by atoms with van der Waals surface area (Å²) in [6.07, 6.45) is 0. The third-order valence-electron chi connectivity index (χ3n) is 5.02. The van der Waals surface area contributed by atoms with E-state index in [1.165, 1.54) is 24.3 Å². The van der Waals surface area contributed by atoms with Gasteiger partial charge in [0.25, 0.3) is 24.8 Å². The van der Waals surface area contributed by atoms with Crippen LogP contribution in [-0.2, 0) is 27.1 Å². The topological polar surface area (TPSA) is 114 Å². The predicted octanol–water partition coefficient (Wildman–Crippen LogP) is 4.39. The first-order chi connectivity index (χ1) is 15.5. The molecule has 12 heteroatoms. The summed E-state index contributed by atoms with van der Waals surface area (Å²) >= 11 is 2.05. The molecular weight excluding hydrogens is 503 g/mol. The Kier molecular flexibility index (Phi) is 6.12. The lowest BCUT2D eigenvalue weighted by Crippen LogP contribution is -2.17. The van der Waals surface area contributed by atoms with Gasteiger partial charge in [0.15, 0.2) is 0 Å². The fourth-order valence-corrected chi connectivity index (χ4v) is 7.19. The average Bonchev–Trinajstić information content (AvgIpc) is 3.38. The third-order valence-corrected chi connectivity index (χ3v) is 10.00. The van der Waals surface area contributed by atoms with Crippen LogP contribution in [0.4, 0.5) is 11.4 Å². The molecule has 2 heterocycles. The molecule has 0 aliphatic rings. The summed E-state index contributed by atoms with van der Waals surface area (Å²) in [5, 5.41) is 1.95. The van der Waals surface area contributed by atoms with Gasteiger partial charge in [0, 0.05) is 7.05 Å². The van der Waals surface area contributed by atoms with E-state index in [1.54, 1.807) is 40.6 Å². The van der Waals surface area contributed by atoms with Crippen LogP contribution >= 0.6 is 22.9 Å². The van der Waals surface area contributed by atoms with E-state index in [1.807, 2.05) is 13.8 Å². The van der Waals surface area contributed by atoms with Crippen molar-refractivity contribution in [2.45, 2.75) is 28.9 Å². The number of anilines is 2. The van der Waals surface area contributed by atoms with Crippen LogP contribution in [0.5, 0.6) is 0 Å². The van der Waals surface area contributed by atoms with Crippen LogP contribution < -0.4 is 14.2 Å². The number of fused-ring (bicyclic) bond motifs is 1. The summed E-state index contributed by atoms with van der Waals surface area (Å²) in [4.78, 5) is 12.1. The minimum absolute atomic E-state index is 0.0813. The van der Waals surface area contributed by atoms with Crippen molar-refractivity contribution in [3.63, 3.8) is 0 Å². The van der Waals surface area contributed by atoms with E-state index >= 15 is 0 Å². The van der Waals surface area contributed by atoms with Crippen LogP contribution in [0, 0.1) is 0 Å². The Hall–Kier alpha value is -2.67. The van der Waals surface area contributed by atoms with E-state index in [-0.39, 0.29) is 31.1 Å². The van der Waals surface area contributed by atoms with Gasteiger partial charge in [-0.3, -0.25) is 18.2 Å². The highest BCUT2D eigenvalue weighted by molar-refractivity contribution is 7.94. The van der Waals surface area contributed by atoms with Crippen LogP contribution in [0.2, 0.25) is 0 Å². The monoisotopic (exact) mass is 523 g/mol. The molecule has 0 spiro atoms. The van der Waals surface area contributed by atoms with Gasteiger partial charge in [-0.15, -0.1) is 11.3 Å². The number of rotatable bonds is 7. The minimum atomic E-state index is -4.10. The van der Waals surface area contributed by atoms with Gasteiger partial charge in [-0.25, -0.2) is 16.8 Å². The minimum Gasteiger partial charge on any atom is -0.297 e. The third kappa shape index (κ3) is 4.69. The van der Waals surface area contributed by atoms with Gasteiger partial charge in [0.05, 0.1) is 27.2 Å². The van der Waals surface area contributed by atoms with Gasteiger partial charge in [-0.05, 0) is 64.8 Å². The maximum absolute atomic E-state index is 13.1. The van der Waals surface area contributed by atoms with Gasteiger partial charge >= 0.3 is 0 Å². The molecule has 33 heavy (non-hydrogen) atoms. The molecule has 0 fully saturated rings. The second kappa shape index (κ2) is 8.60. The molecule has 2 aromatic heterocycles. The van der Waals surface area contributed by atoms with Crippen molar-refractivity contribution in [3.8, 4) is 0 Å². The molecule has 8 nitrogen and oxygen atoms in total. The largest absolute Gasteiger partial charge is 0.297 e. The zero-order valence-corrected chi connectivity index (χ0v) is 21.2. The molecule has 2 N–H and O–H groups in total.